The molecule has 1 atom stereocenters. The van der Waals surface area contributed by atoms with Crippen LogP contribution in [0.25, 0.3) is 0 Å². The molecule has 4 heteroatoms. The van der Waals surface area contributed by atoms with Gasteiger partial charge in [-0.05, 0) is 0 Å². The summed E-state index contributed by atoms with van der Waals surface area (Å²) in [7, 11) is 3.11. The fourth-order valence-electron chi connectivity index (χ4n) is 1.38. The van der Waals surface area contributed by atoms with Crippen molar-refractivity contribution >= 4 is 0 Å². The average molecular weight is 161 g/mol. The molecule has 0 aromatic heterocycles. The van der Waals surface area contributed by atoms with Crippen LogP contribution in [-0.4, -0.2) is 44.3 Å². The van der Waals surface area contributed by atoms with Gasteiger partial charge >= 0.3 is 0 Å². The van der Waals surface area contributed by atoms with Crippen LogP contribution in [0.1, 0.15) is 6.42 Å². The van der Waals surface area contributed by atoms with E-state index in [1.807, 2.05) is 0 Å². The molecule has 0 bridgehead atoms. The lowest BCUT2D eigenvalue weighted by Crippen LogP contribution is -2.56. The lowest BCUT2D eigenvalue weighted by molar-refractivity contribution is -0.267. The highest BCUT2D eigenvalue weighted by Gasteiger charge is 2.40. The van der Waals surface area contributed by atoms with Crippen LogP contribution in [0.15, 0.2) is 0 Å². The van der Waals surface area contributed by atoms with Gasteiger partial charge in [-0.2, -0.15) is 0 Å². The Labute approximate surface area is 66.5 Å². The third-order valence-electron chi connectivity index (χ3n) is 2.19. The van der Waals surface area contributed by atoms with Gasteiger partial charge in [0.15, 0.2) is 5.79 Å². The zero-order chi connectivity index (χ0) is 8.32. The highest BCUT2D eigenvalue weighted by atomic mass is 16.7. The summed E-state index contributed by atoms with van der Waals surface area (Å²) in [4.78, 5) is 0. The SMILES string of the molecule is COC1(OC)CCNC[C@H]1O. The number of nitrogens with one attached hydrogen (secondary N) is 1. The van der Waals surface area contributed by atoms with E-state index < -0.39 is 11.9 Å². The van der Waals surface area contributed by atoms with Crippen molar-refractivity contribution in [3.8, 4) is 0 Å². The predicted molar refractivity (Wildman–Crippen MR) is 40.2 cm³/mol. The summed E-state index contributed by atoms with van der Waals surface area (Å²) in [6.07, 6.45) is 0.104. The molecule has 66 valence electrons. The Hall–Kier alpha value is -0.160. The third kappa shape index (κ3) is 1.54. The van der Waals surface area contributed by atoms with Gasteiger partial charge in [-0.15, -0.1) is 0 Å². The predicted octanol–water partition coefficient (Wildman–Crippen LogP) is -0.670. The van der Waals surface area contributed by atoms with Gasteiger partial charge in [-0.1, -0.05) is 0 Å². The fourth-order valence-corrected chi connectivity index (χ4v) is 1.38. The number of piperidine rings is 1. The van der Waals surface area contributed by atoms with E-state index in [1.165, 1.54) is 0 Å². The smallest absolute Gasteiger partial charge is 0.196 e. The van der Waals surface area contributed by atoms with Gasteiger partial charge in [0.2, 0.25) is 0 Å². The van der Waals surface area contributed by atoms with Gasteiger partial charge < -0.3 is 19.9 Å². The number of hydrogen-bond acceptors (Lipinski definition) is 4. The monoisotopic (exact) mass is 161 g/mol. The van der Waals surface area contributed by atoms with Crippen LogP contribution < -0.4 is 5.32 Å². The van der Waals surface area contributed by atoms with Gasteiger partial charge in [-0.25, -0.2) is 0 Å². The molecule has 1 aliphatic heterocycles. The molecule has 1 heterocycles. The Morgan fingerprint density at radius 3 is 2.45 bits per heavy atom. The maximum Gasteiger partial charge on any atom is 0.196 e. The third-order valence-corrected chi connectivity index (χ3v) is 2.19. The molecule has 1 aliphatic rings. The summed E-state index contributed by atoms with van der Waals surface area (Å²) in [5.41, 5.74) is 0. The quantitative estimate of drug-likeness (QED) is 0.527. The second-order valence-electron chi connectivity index (χ2n) is 2.69. The van der Waals surface area contributed by atoms with Gasteiger partial charge in [0.1, 0.15) is 6.10 Å². The van der Waals surface area contributed by atoms with Crippen molar-refractivity contribution in [3.05, 3.63) is 0 Å². The van der Waals surface area contributed by atoms with E-state index in [9.17, 15) is 5.11 Å². The van der Waals surface area contributed by atoms with Crippen LogP contribution in [-0.2, 0) is 9.47 Å². The van der Waals surface area contributed by atoms with Gasteiger partial charge in [0.25, 0.3) is 0 Å². The number of methoxy groups -OCH3 is 2. The Kier molecular flexibility index (Phi) is 2.84. The number of aliphatic hydroxyl groups excluding tert-OH is 1. The number of β-amino-alcohol motifs (C(OH)–C–C–N with tert-alkyl or cyclic N) is 1. The lowest BCUT2D eigenvalue weighted by atomic mass is 10.0. The summed E-state index contributed by atoms with van der Waals surface area (Å²) in [6.45, 7) is 1.35. The summed E-state index contributed by atoms with van der Waals surface area (Å²) in [5.74, 6) is -0.786. The highest BCUT2D eigenvalue weighted by molar-refractivity contribution is 4.85. The molecule has 0 aromatic rings. The molecule has 4 nitrogen and oxygen atoms in total. The summed E-state index contributed by atoms with van der Waals surface area (Å²) < 4.78 is 10.3. The van der Waals surface area contributed by atoms with Crippen molar-refractivity contribution in [1.82, 2.24) is 5.32 Å². The van der Waals surface area contributed by atoms with Crippen molar-refractivity contribution in [2.75, 3.05) is 27.3 Å². The van der Waals surface area contributed by atoms with Gasteiger partial charge in [0, 0.05) is 33.7 Å². The molecule has 2 N–H and O–H groups in total. The van der Waals surface area contributed by atoms with E-state index in [1.54, 1.807) is 14.2 Å². The zero-order valence-electron chi connectivity index (χ0n) is 6.96. The first-order valence-electron chi connectivity index (χ1n) is 3.74. The van der Waals surface area contributed by atoms with E-state index in [0.29, 0.717) is 13.0 Å². The fraction of sp³-hybridized carbons (Fsp3) is 1.00. The second kappa shape index (κ2) is 3.49. The molecule has 0 aromatic carbocycles. The van der Waals surface area contributed by atoms with Crippen LogP contribution in [0.3, 0.4) is 0 Å². The largest absolute Gasteiger partial charge is 0.386 e. The van der Waals surface area contributed by atoms with E-state index >= 15 is 0 Å². The van der Waals surface area contributed by atoms with Crippen molar-refractivity contribution < 1.29 is 14.6 Å². The first kappa shape index (κ1) is 8.93. The first-order chi connectivity index (χ1) is 5.25. The minimum atomic E-state index is -0.786. The van der Waals surface area contributed by atoms with Crippen LogP contribution in [0, 0.1) is 0 Å². The van der Waals surface area contributed by atoms with Gasteiger partial charge in [-0.3, -0.25) is 0 Å². The molecular formula is C7H15NO3. The van der Waals surface area contributed by atoms with Crippen molar-refractivity contribution in [1.29, 1.82) is 0 Å². The summed E-state index contributed by atoms with van der Waals surface area (Å²) in [5, 5.41) is 12.6. The van der Waals surface area contributed by atoms with E-state index in [0.717, 1.165) is 6.54 Å². The standard InChI is InChI=1S/C7H15NO3/c1-10-7(11-2)3-4-8-5-6(7)9/h6,8-9H,3-5H2,1-2H3/t6-/m1/s1. The van der Waals surface area contributed by atoms with Crippen LogP contribution >= 0.6 is 0 Å². The molecule has 0 amide bonds. The van der Waals surface area contributed by atoms with Crippen LogP contribution in [0.4, 0.5) is 0 Å². The normalized spacial score (nSPS) is 30.3. The van der Waals surface area contributed by atoms with Gasteiger partial charge in [0.05, 0.1) is 0 Å². The van der Waals surface area contributed by atoms with Crippen molar-refractivity contribution in [3.63, 3.8) is 0 Å². The Morgan fingerprint density at radius 2 is 2.09 bits per heavy atom. The molecule has 0 saturated carbocycles. The van der Waals surface area contributed by atoms with Crippen LogP contribution in [0.2, 0.25) is 0 Å². The molecule has 1 saturated heterocycles. The lowest BCUT2D eigenvalue weighted by Gasteiger charge is -2.38. The number of hydrogen-bond donors (Lipinski definition) is 2. The van der Waals surface area contributed by atoms with E-state index in [-0.39, 0.29) is 0 Å². The first-order valence-corrected chi connectivity index (χ1v) is 3.74. The Morgan fingerprint density at radius 1 is 1.45 bits per heavy atom. The summed E-state index contributed by atoms with van der Waals surface area (Å²) in [6, 6.07) is 0. The molecule has 0 radical (unpaired) electrons. The maximum atomic E-state index is 9.51. The molecule has 0 spiro atoms. The number of rotatable bonds is 2. The number of aliphatic hydroxyl groups is 1. The van der Waals surface area contributed by atoms with Crippen molar-refractivity contribution in [2.24, 2.45) is 0 Å². The molecule has 1 rings (SSSR count). The molecule has 1 fully saturated rings. The highest BCUT2D eigenvalue weighted by Crippen LogP contribution is 2.22. The second-order valence-corrected chi connectivity index (χ2v) is 2.69. The molecule has 0 aliphatic carbocycles. The van der Waals surface area contributed by atoms with Crippen LogP contribution in [0.5, 0.6) is 0 Å². The van der Waals surface area contributed by atoms with Crippen molar-refractivity contribution in [2.45, 2.75) is 18.3 Å². The zero-order valence-corrected chi connectivity index (χ0v) is 6.96. The topological polar surface area (TPSA) is 50.7 Å². The average Bonchev–Trinajstić information content (AvgIpc) is 2.06. The molecule has 11 heavy (non-hydrogen) atoms. The minimum absolute atomic E-state index is 0.529. The van der Waals surface area contributed by atoms with E-state index in [4.69, 9.17) is 9.47 Å². The summed E-state index contributed by atoms with van der Waals surface area (Å²) >= 11 is 0. The Bertz CT molecular complexity index is 125. The minimum Gasteiger partial charge on any atom is -0.386 e. The molecular weight excluding hydrogens is 146 g/mol. The maximum absolute atomic E-state index is 9.51. The number of ether oxygens (including phenoxy) is 2. The van der Waals surface area contributed by atoms with E-state index in [2.05, 4.69) is 5.32 Å². The molecule has 0 unspecified atom stereocenters. The Balaban J connectivity index is 2.61.